The number of nitrogens with two attached hydrogens (primary N) is 1. The van der Waals surface area contributed by atoms with E-state index in [9.17, 15) is 9.59 Å². The normalized spacial score (nSPS) is 18.8. The van der Waals surface area contributed by atoms with E-state index in [1.54, 1.807) is 11.3 Å². The number of hydrogen-bond donors (Lipinski definition) is 2. The number of thiazole rings is 1. The molecule has 1 aliphatic heterocycles. The van der Waals surface area contributed by atoms with Gasteiger partial charge in [-0.15, -0.1) is 11.3 Å². The molecule has 1 aromatic rings. The van der Waals surface area contributed by atoms with Crippen molar-refractivity contribution >= 4 is 23.2 Å². The summed E-state index contributed by atoms with van der Waals surface area (Å²) in [4.78, 5) is 31.0. The van der Waals surface area contributed by atoms with E-state index in [1.807, 2.05) is 11.8 Å². The van der Waals surface area contributed by atoms with Gasteiger partial charge in [0, 0.05) is 11.4 Å². The molecule has 0 saturated carbocycles. The smallest absolute Gasteiger partial charge is 0.231 e. The quantitative estimate of drug-likeness (QED) is 0.782. The molecule has 3 N–H and O–H groups in total. The van der Waals surface area contributed by atoms with Gasteiger partial charge < -0.3 is 11.1 Å². The van der Waals surface area contributed by atoms with Gasteiger partial charge in [0.2, 0.25) is 11.8 Å². The van der Waals surface area contributed by atoms with Crippen molar-refractivity contribution < 1.29 is 9.59 Å². The zero-order chi connectivity index (χ0) is 16.8. The van der Waals surface area contributed by atoms with Gasteiger partial charge in [-0.25, -0.2) is 4.98 Å². The number of nitrogens with one attached hydrogen (secondary N) is 1. The fourth-order valence-electron chi connectivity index (χ4n) is 2.92. The number of hydrogen-bond acceptors (Lipinski definition) is 5. The predicted octanol–water partition coefficient (Wildman–Crippen LogP) is 1.22. The molecule has 2 rings (SSSR count). The van der Waals surface area contributed by atoms with Crippen LogP contribution in [0.25, 0.3) is 0 Å². The van der Waals surface area contributed by atoms with Crippen LogP contribution in [0.4, 0.5) is 0 Å². The second-order valence-electron chi connectivity index (χ2n) is 6.12. The minimum Gasteiger partial charge on any atom is -0.369 e. The van der Waals surface area contributed by atoms with E-state index in [4.69, 9.17) is 5.73 Å². The van der Waals surface area contributed by atoms with Gasteiger partial charge in [0.1, 0.15) is 0 Å². The molecule has 1 unspecified atom stereocenters. The number of piperidine rings is 1. The Labute approximate surface area is 141 Å². The van der Waals surface area contributed by atoms with Crippen LogP contribution >= 0.6 is 11.3 Å². The van der Waals surface area contributed by atoms with Crippen LogP contribution in [0.15, 0.2) is 0 Å². The number of carbonyl (C=O) groups excluding carboxylic acids is 2. The van der Waals surface area contributed by atoms with Crippen molar-refractivity contribution in [2.75, 3.05) is 19.6 Å². The highest BCUT2D eigenvalue weighted by atomic mass is 32.1. The van der Waals surface area contributed by atoms with E-state index < -0.39 is 0 Å². The summed E-state index contributed by atoms with van der Waals surface area (Å²) in [6.45, 7) is 6.35. The number of carbonyl (C=O) groups is 2. The van der Waals surface area contributed by atoms with Crippen molar-refractivity contribution in [3.8, 4) is 0 Å². The first-order valence-corrected chi connectivity index (χ1v) is 9.04. The van der Waals surface area contributed by atoms with E-state index in [-0.39, 0.29) is 24.3 Å². The lowest BCUT2D eigenvalue weighted by Gasteiger charge is -2.30. The Kier molecular flexibility index (Phi) is 6.53. The number of rotatable bonds is 7. The van der Waals surface area contributed by atoms with Gasteiger partial charge in [0.25, 0.3) is 0 Å². The highest BCUT2D eigenvalue weighted by Gasteiger charge is 2.26. The minimum atomic E-state index is -0.338. The van der Waals surface area contributed by atoms with E-state index in [0.717, 1.165) is 47.8 Å². The highest BCUT2D eigenvalue weighted by molar-refractivity contribution is 7.11. The first-order valence-electron chi connectivity index (χ1n) is 8.23. The molecule has 0 bridgehead atoms. The van der Waals surface area contributed by atoms with Crippen LogP contribution in [0.2, 0.25) is 0 Å². The van der Waals surface area contributed by atoms with Crippen LogP contribution in [-0.2, 0) is 22.6 Å². The fraction of sp³-hybridized carbons (Fsp3) is 0.688. The van der Waals surface area contributed by atoms with Crippen LogP contribution < -0.4 is 11.1 Å². The first-order chi connectivity index (χ1) is 11.0. The van der Waals surface area contributed by atoms with Crippen LogP contribution in [-0.4, -0.2) is 41.3 Å². The number of amides is 2. The van der Waals surface area contributed by atoms with Crippen LogP contribution in [0, 0.1) is 12.8 Å². The molecule has 0 aliphatic carbocycles. The summed E-state index contributed by atoms with van der Waals surface area (Å²) < 4.78 is 0. The Morgan fingerprint density at radius 2 is 2.26 bits per heavy atom. The maximum atomic E-state index is 12.4. The Morgan fingerprint density at radius 3 is 2.96 bits per heavy atom. The van der Waals surface area contributed by atoms with Gasteiger partial charge >= 0.3 is 0 Å². The molecule has 2 amide bonds. The minimum absolute atomic E-state index is 0.0593. The molecule has 2 heterocycles. The van der Waals surface area contributed by atoms with Gasteiger partial charge in [-0.1, -0.05) is 6.92 Å². The number of aromatic nitrogens is 1. The molecule has 0 aromatic carbocycles. The lowest BCUT2D eigenvalue weighted by molar-refractivity contribution is -0.128. The SMILES string of the molecule is CCCc1nc(C)c(CNC(=O)C2CCCN(CC(N)=O)C2)s1. The molecular weight excluding hydrogens is 312 g/mol. The zero-order valence-electron chi connectivity index (χ0n) is 13.9. The highest BCUT2D eigenvalue weighted by Crippen LogP contribution is 2.20. The molecule has 6 nitrogen and oxygen atoms in total. The molecule has 1 fully saturated rings. The number of nitrogens with zero attached hydrogens (tertiary/aromatic N) is 2. The molecule has 128 valence electrons. The Morgan fingerprint density at radius 1 is 1.48 bits per heavy atom. The molecule has 7 heteroatoms. The van der Waals surface area contributed by atoms with Crippen LogP contribution in [0.3, 0.4) is 0 Å². The van der Waals surface area contributed by atoms with Gasteiger partial charge in [-0.3, -0.25) is 14.5 Å². The Balaban J connectivity index is 1.85. The van der Waals surface area contributed by atoms with Crippen LogP contribution in [0.5, 0.6) is 0 Å². The maximum absolute atomic E-state index is 12.4. The van der Waals surface area contributed by atoms with E-state index in [1.165, 1.54) is 0 Å². The van der Waals surface area contributed by atoms with E-state index in [0.29, 0.717) is 13.1 Å². The standard InChI is InChI=1S/C16H26N4O2S/c1-3-5-15-19-11(2)13(23-15)8-18-16(22)12-6-4-7-20(9-12)10-14(17)21/h12H,3-10H2,1-2H3,(H2,17,21)(H,18,22). The molecule has 1 aromatic heterocycles. The topological polar surface area (TPSA) is 88.3 Å². The average Bonchev–Trinajstić information content (AvgIpc) is 2.84. The summed E-state index contributed by atoms with van der Waals surface area (Å²) in [7, 11) is 0. The largest absolute Gasteiger partial charge is 0.369 e. The van der Waals surface area contributed by atoms with Gasteiger partial charge in [0.15, 0.2) is 0 Å². The molecule has 0 spiro atoms. The fourth-order valence-corrected chi connectivity index (χ4v) is 4.03. The third kappa shape index (κ3) is 5.28. The molecule has 0 radical (unpaired) electrons. The summed E-state index contributed by atoms with van der Waals surface area (Å²) in [5.41, 5.74) is 6.25. The Hall–Kier alpha value is -1.47. The second-order valence-corrected chi connectivity index (χ2v) is 7.29. The summed E-state index contributed by atoms with van der Waals surface area (Å²) >= 11 is 1.68. The average molecular weight is 338 g/mol. The lowest BCUT2D eigenvalue weighted by Crippen LogP contribution is -2.45. The monoisotopic (exact) mass is 338 g/mol. The summed E-state index contributed by atoms with van der Waals surface area (Å²) in [5, 5.41) is 4.17. The van der Waals surface area contributed by atoms with Crippen molar-refractivity contribution in [2.24, 2.45) is 11.7 Å². The summed E-state index contributed by atoms with van der Waals surface area (Å²) in [5.74, 6) is -0.342. The van der Waals surface area contributed by atoms with Crippen molar-refractivity contribution in [3.63, 3.8) is 0 Å². The number of likely N-dealkylation sites (tertiary alicyclic amines) is 1. The molecule has 1 aliphatic rings. The Bertz CT molecular complexity index is 558. The van der Waals surface area contributed by atoms with Crippen molar-refractivity contribution in [1.29, 1.82) is 0 Å². The molecule has 1 atom stereocenters. The second kappa shape index (κ2) is 8.40. The van der Waals surface area contributed by atoms with Crippen molar-refractivity contribution in [1.82, 2.24) is 15.2 Å². The lowest BCUT2D eigenvalue weighted by atomic mass is 9.97. The van der Waals surface area contributed by atoms with Crippen LogP contribution in [0.1, 0.15) is 41.8 Å². The number of primary amides is 1. The summed E-state index contributed by atoms with van der Waals surface area (Å²) in [6.07, 6.45) is 3.86. The van der Waals surface area contributed by atoms with Gasteiger partial charge in [-0.05, 0) is 39.2 Å². The third-order valence-corrected chi connectivity index (χ3v) is 5.30. The third-order valence-electron chi connectivity index (χ3n) is 4.08. The van der Waals surface area contributed by atoms with Crippen molar-refractivity contribution in [3.05, 3.63) is 15.6 Å². The predicted molar refractivity (Wildman–Crippen MR) is 91.1 cm³/mol. The molecule has 1 saturated heterocycles. The van der Waals surface area contributed by atoms with Crippen molar-refractivity contribution in [2.45, 2.75) is 46.1 Å². The zero-order valence-corrected chi connectivity index (χ0v) is 14.7. The maximum Gasteiger partial charge on any atom is 0.231 e. The van der Waals surface area contributed by atoms with E-state index in [2.05, 4.69) is 17.2 Å². The molecular formula is C16H26N4O2S. The summed E-state index contributed by atoms with van der Waals surface area (Å²) in [6, 6.07) is 0. The van der Waals surface area contributed by atoms with Gasteiger partial charge in [-0.2, -0.15) is 0 Å². The molecule has 23 heavy (non-hydrogen) atoms. The first kappa shape index (κ1) is 17.9. The van der Waals surface area contributed by atoms with E-state index >= 15 is 0 Å². The van der Waals surface area contributed by atoms with Gasteiger partial charge in [0.05, 0.1) is 29.7 Å². The number of aryl methyl sites for hydroxylation is 2.